The van der Waals surface area contributed by atoms with Crippen molar-refractivity contribution in [3.8, 4) is 0 Å². The second-order valence-corrected chi connectivity index (χ2v) is 7.71. The van der Waals surface area contributed by atoms with Crippen molar-refractivity contribution >= 4 is 12.1 Å². The molecule has 1 aliphatic rings. The first-order valence-corrected chi connectivity index (χ1v) is 8.58. The normalized spacial score (nSPS) is 19.4. The van der Waals surface area contributed by atoms with Crippen LogP contribution < -0.4 is 5.32 Å². The average molecular weight is 337 g/mol. The molecule has 5 nitrogen and oxygen atoms in total. The quantitative estimate of drug-likeness (QED) is 0.560. The lowest BCUT2D eigenvalue weighted by atomic mass is 9.93. The Balaban J connectivity index is 2.64. The first kappa shape index (κ1) is 20.3. The monoisotopic (exact) mass is 337 g/mol. The fourth-order valence-corrected chi connectivity index (χ4v) is 2.54. The molecule has 0 unspecified atom stereocenters. The smallest absolute Gasteiger partial charge is 0.408 e. The minimum absolute atomic E-state index is 0.288. The summed E-state index contributed by atoms with van der Waals surface area (Å²) in [6.45, 7) is 11.8. The summed E-state index contributed by atoms with van der Waals surface area (Å²) >= 11 is 0. The molecule has 3 atom stereocenters. The third kappa shape index (κ3) is 8.18. The molecule has 0 aromatic heterocycles. The molecule has 0 aromatic carbocycles. The Hall–Kier alpha value is -1.78. The highest BCUT2D eigenvalue weighted by atomic mass is 16.6. The number of rotatable bonds is 7. The maximum atomic E-state index is 12.1. The highest BCUT2D eigenvalue weighted by Gasteiger charge is 2.30. The van der Waals surface area contributed by atoms with Gasteiger partial charge in [-0.15, -0.1) is 0 Å². The summed E-state index contributed by atoms with van der Waals surface area (Å²) in [7, 11) is 0. The molecular weight excluding hydrogens is 306 g/mol. The van der Waals surface area contributed by atoms with Gasteiger partial charge < -0.3 is 14.8 Å². The maximum Gasteiger partial charge on any atom is 0.408 e. The predicted octanol–water partition coefficient (Wildman–Crippen LogP) is 4.13. The van der Waals surface area contributed by atoms with Crippen molar-refractivity contribution in [3.63, 3.8) is 0 Å². The molecule has 0 aliphatic carbocycles. The summed E-state index contributed by atoms with van der Waals surface area (Å²) in [6.07, 6.45) is 7.14. The second kappa shape index (κ2) is 8.90. The van der Waals surface area contributed by atoms with Crippen molar-refractivity contribution in [1.82, 2.24) is 5.32 Å². The Bertz CT molecular complexity index is 498. The van der Waals surface area contributed by atoms with E-state index in [2.05, 4.69) is 32.2 Å². The van der Waals surface area contributed by atoms with E-state index in [1.807, 2.05) is 20.8 Å². The molecule has 1 aliphatic heterocycles. The van der Waals surface area contributed by atoms with E-state index >= 15 is 0 Å². The fourth-order valence-electron chi connectivity index (χ4n) is 2.54. The molecule has 5 heteroatoms. The fraction of sp³-hybridized carbons (Fsp3) is 0.684. The molecule has 0 radical (unpaired) electrons. The minimum Gasteiger partial charge on any atom is -0.453 e. The van der Waals surface area contributed by atoms with Crippen LogP contribution >= 0.6 is 0 Å². The van der Waals surface area contributed by atoms with Crippen LogP contribution in [0.4, 0.5) is 4.79 Å². The maximum absolute atomic E-state index is 12.1. The Morgan fingerprint density at radius 2 is 2.08 bits per heavy atom. The van der Waals surface area contributed by atoms with Gasteiger partial charge in [-0.1, -0.05) is 18.6 Å². The minimum atomic E-state index is -0.564. The van der Waals surface area contributed by atoms with Crippen molar-refractivity contribution < 1.29 is 19.1 Å². The van der Waals surface area contributed by atoms with Gasteiger partial charge in [-0.2, -0.15) is 0 Å². The zero-order valence-corrected chi connectivity index (χ0v) is 15.7. The van der Waals surface area contributed by atoms with E-state index in [1.54, 1.807) is 6.08 Å². The van der Waals surface area contributed by atoms with Crippen LogP contribution in [0.25, 0.3) is 0 Å². The average Bonchev–Trinajstić information content (AvgIpc) is 2.82. The third-order valence-corrected chi connectivity index (χ3v) is 3.64. The number of amides is 1. The van der Waals surface area contributed by atoms with Gasteiger partial charge in [0.05, 0.1) is 6.04 Å². The van der Waals surface area contributed by atoms with E-state index in [1.165, 1.54) is 11.6 Å². The van der Waals surface area contributed by atoms with Crippen molar-refractivity contribution in [2.24, 2.45) is 5.92 Å². The van der Waals surface area contributed by atoms with E-state index < -0.39 is 17.8 Å². The van der Waals surface area contributed by atoms with Crippen LogP contribution in [0.5, 0.6) is 0 Å². The largest absolute Gasteiger partial charge is 0.453 e. The van der Waals surface area contributed by atoms with Crippen LogP contribution in [0.15, 0.2) is 23.8 Å². The van der Waals surface area contributed by atoms with E-state index in [4.69, 9.17) is 9.47 Å². The van der Waals surface area contributed by atoms with Crippen LogP contribution in [-0.2, 0) is 14.3 Å². The van der Waals surface area contributed by atoms with Gasteiger partial charge in [-0.25, -0.2) is 9.59 Å². The standard InChI is InChI=1S/C19H31NO4/c1-13(2)8-7-9-14(3)12-15(16-10-11-17(21)23-16)20-18(22)24-19(4,5)6/h8,10-11,14-16H,7,9,12H2,1-6H3,(H,20,22)/t14-,15+,16+/m1/s1. The zero-order valence-electron chi connectivity index (χ0n) is 15.7. The number of nitrogens with one attached hydrogen (secondary N) is 1. The lowest BCUT2D eigenvalue weighted by molar-refractivity contribution is -0.139. The van der Waals surface area contributed by atoms with E-state index in [-0.39, 0.29) is 12.0 Å². The van der Waals surface area contributed by atoms with E-state index in [0.717, 1.165) is 19.3 Å². The van der Waals surface area contributed by atoms with Gasteiger partial charge in [0, 0.05) is 6.08 Å². The Labute approximate surface area is 145 Å². The zero-order chi connectivity index (χ0) is 18.3. The molecule has 24 heavy (non-hydrogen) atoms. The summed E-state index contributed by atoms with van der Waals surface area (Å²) in [4.78, 5) is 23.4. The number of allylic oxidation sites excluding steroid dienone is 2. The van der Waals surface area contributed by atoms with Crippen LogP contribution in [-0.4, -0.2) is 29.8 Å². The molecule has 0 saturated carbocycles. The third-order valence-electron chi connectivity index (χ3n) is 3.64. The molecule has 1 rings (SSSR count). The van der Waals surface area contributed by atoms with Crippen LogP contribution in [0.3, 0.4) is 0 Å². The van der Waals surface area contributed by atoms with E-state index in [9.17, 15) is 9.59 Å². The number of esters is 1. The van der Waals surface area contributed by atoms with Gasteiger partial charge in [-0.05, 0) is 65.9 Å². The molecule has 0 spiro atoms. The summed E-state index contributed by atoms with van der Waals surface area (Å²) in [5, 5.41) is 2.86. The number of ether oxygens (including phenoxy) is 2. The van der Waals surface area contributed by atoms with Gasteiger partial charge in [0.2, 0.25) is 0 Å². The molecule has 1 heterocycles. The number of alkyl carbamates (subject to hydrolysis) is 1. The number of carbonyl (C=O) groups excluding carboxylic acids is 2. The molecule has 0 aromatic rings. The van der Waals surface area contributed by atoms with Crippen LogP contribution in [0.1, 0.15) is 60.8 Å². The molecule has 136 valence electrons. The second-order valence-electron chi connectivity index (χ2n) is 7.71. The summed E-state index contributed by atoms with van der Waals surface area (Å²) < 4.78 is 10.6. The molecule has 1 amide bonds. The molecule has 0 bridgehead atoms. The number of hydrogen-bond donors (Lipinski definition) is 1. The van der Waals surface area contributed by atoms with Crippen molar-refractivity contribution in [2.45, 2.75) is 78.6 Å². The van der Waals surface area contributed by atoms with Crippen LogP contribution in [0, 0.1) is 5.92 Å². The Kier molecular flexibility index (Phi) is 7.52. The lowest BCUT2D eigenvalue weighted by Gasteiger charge is -2.27. The van der Waals surface area contributed by atoms with Crippen molar-refractivity contribution in [3.05, 3.63) is 23.8 Å². The highest BCUT2D eigenvalue weighted by Crippen LogP contribution is 2.21. The first-order valence-electron chi connectivity index (χ1n) is 8.58. The Morgan fingerprint density at radius 1 is 1.42 bits per heavy atom. The van der Waals surface area contributed by atoms with Gasteiger partial charge in [0.25, 0.3) is 0 Å². The van der Waals surface area contributed by atoms with Crippen molar-refractivity contribution in [2.75, 3.05) is 0 Å². The number of carbonyl (C=O) groups is 2. The van der Waals surface area contributed by atoms with E-state index in [0.29, 0.717) is 5.92 Å². The molecule has 0 fully saturated rings. The van der Waals surface area contributed by atoms with Gasteiger partial charge >= 0.3 is 12.1 Å². The highest BCUT2D eigenvalue weighted by molar-refractivity contribution is 5.84. The molecule has 1 N–H and O–H groups in total. The van der Waals surface area contributed by atoms with Gasteiger partial charge in [0.15, 0.2) is 0 Å². The Morgan fingerprint density at radius 3 is 2.58 bits per heavy atom. The first-order chi connectivity index (χ1) is 11.1. The number of cyclic esters (lactones) is 1. The predicted molar refractivity (Wildman–Crippen MR) is 94.6 cm³/mol. The SMILES string of the molecule is CC(C)=CCC[C@@H](C)C[C@H](NC(=O)OC(C)(C)C)[C@@H]1C=CC(=O)O1. The topological polar surface area (TPSA) is 64.6 Å². The lowest BCUT2D eigenvalue weighted by Crippen LogP contribution is -2.46. The van der Waals surface area contributed by atoms with Gasteiger partial charge in [-0.3, -0.25) is 0 Å². The number of hydrogen-bond acceptors (Lipinski definition) is 4. The van der Waals surface area contributed by atoms with Gasteiger partial charge in [0.1, 0.15) is 11.7 Å². The molecule has 0 saturated heterocycles. The van der Waals surface area contributed by atoms with Crippen molar-refractivity contribution in [1.29, 1.82) is 0 Å². The summed E-state index contributed by atoms with van der Waals surface area (Å²) in [5.74, 6) is 0.0152. The molecular formula is C19H31NO4. The summed E-state index contributed by atoms with van der Waals surface area (Å²) in [5.41, 5.74) is 0.740. The van der Waals surface area contributed by atoms with Crippen LogP contribution in [0.2, 0.25) is 0 Å². The summed E-state index contributed by atoms with van der Waals surface area (Å²) in [6, 6.07) is -0.288.